The Kier molecular flexibility index (Phi) is 6.59. The number of carbonyl (C=O) groups excluding carboxylic acids is 1. The van der Waals surface area contributed by atoms with E-state index in [1.165, 1.54) is 25.1 Å². The second kappa shape index (κ2) is 8.12. The van der Waals surface area contributed by atoms with Gasteiger partial charge in [-0.2, -0.15) is 4.72 Å². The van der Waals surface area contributed by atoms with E-state index in [9.17, 15) is 13.2 Å². The van der Waals surface area contributed by atoms with Crippen molar-refractivity contribution in [2.24, 2.45) is 0 Å². The van der Waals surface area contributed by atoms with E-state index in [0.717, 1.165) is 0 Å². The minimum absolute atomic E-state index is 0.0117. The average molecular weight is 442 g/mol. The van der Waals surface area contributed by atoms with Crippen molar-refractivity contribution in [2.45, 2.75) is 17.9 Å². The summed E-state index contributed by atoms with van der Waals surface area (Å²) in [5, 5.41) is 3.12. The first-order valence-electron chi connectivity index (χ1n) is 6.84. The lowest BCUT2D eigenvalue weighted by Crippen LogP contribution is -2.41. The van der Waals surface area contributed by atoms with Crippen LogP contribution >= 0.6 is 46.4 Å². The fourth-order valence-electron chi connectivity index (χ4n) is 1.87. The van der Waals surface area contributed by atoms with Gasteiger partial charge in [-0.05, 0) is 37.3 Å². The summed E-state index contributed by atoms with van der Waals surface area (Å²) in [5.74, 6) is -0.620. The summed E-state index contributed by atoms with van der Waals surface area (Å²) in [5.41, 5.74) is 0.269. The van der Waals surface area contributed by atoms with Crippen molar-refractivity contribution in [3.63, 3.8) is 0 Å². The molecule has 0 spiro atoms. The predicted molar refractivity (Wildman–Crippen MR) is 101 cm³/mol. The Morgan fingerprint density at radius 2 is 1.72 bits per heavy atom. The molecule has 10 heteroatoms. The van der Waals surface area contributed by atoms with E-state index in [2.05, 4.69) is 10.0 Å². The largest absolute Gasteiger partial charge is 0.323 e. The summed E-state index contributed by atoms with van der Waals surface area (Å²) in [6, 6.07) is 7.62. The number of sulfonamides is 1. The standard InChI is InChI=1S/C15H12Cl4N2O3S/c1-8(15(22)20-12-4-2-3-11(18)14(12)19)21-25(23,24)13-7-9(16)5-6-10(13)17/h2-8,21H,1H3,(H,20,22). The van der Waals surface area contributed by atoms with Crippen molar-refractivity contribution in [3.8, 4) is 0 Å². The highest BCUT2D eigenvalue weighted by molar-refractivity contribution is 7.89. The molecule has 0 saturated heterocycles. The number of rotatable bonds is 5. The van der Waals surface area contributed by atoms with Crippen LogP contribution in [0.25, 0.3) is 0 Å². The fourth-order valence-corrected chi connectivity index (χ4v) is 4.19. The Morgan fingerprint density at radius 3 is 2.40 bits per heavy atom. The van der Waals surface area contributed by atoms with Crippen LogP contribution in [0.3, 0.4) is 0 Å². The molecule has 0 aromatic heterocycles. The average Bonchev–Trinajstić information content (AvgIpc) is 2.53. The first kappa shape index (κ1) is 20.3. The highest BCUT2D eigenvalue weighted by atomic mass is 35.5. The number of amides is 1. The highest BCUT2D eigenvalue weighted by Gasteiger charge is 2.25. The van der Waals surface area contributed by atoms with Gasteiger partial charge in [0.25, 0.3) is 0 Å². The molecule has 0 saturated carbocycles. The van der Waals surface area contributed by atoms with E-state index in [0.29, 0.717) is 0 Å². The molecule has 0 fully saturated rings. The quantitative estimate of drug-likeness (QED) is 0.711. The van der Waals surface area contributed by atoms with Crippen molar-refractivity contribution < 1.29 is 13.2 Å². The van der Waals surface area contributed by atoms with Gasteiger partial charge in [-0.15, -0.1) is 0 Å². The second-order valence-electron chi connectivity index (χ2n) is 5.01. The number of carbonyl (C=O) groups is 1. The molecule has 0 aliphatic heterocycles. The normalized spacial score (nSPS) is 12.7. The van der Waals surface area contributed by atoms with E-state index in [1.807, 2.05) is 0 Å². The van der Waals surface area contributed by atoms with Crippen molar-refractivity contribution in [1.82, 2.24) is 4.72 Å². The minimum atomic E-state index is -4.05. The van der Waals surface area contributed by atoms with Crippen molar-refractivity contribution in [3.05, 3.63) is 56.5 Å². The van der Waals surface area contributed by atoms with Gasteiger partial charge in [-0.1, -0.05) is 52.5 Å². The van der Waals surface area contributed by atoms with Gasteiger partial charge in [0.05, 0.1) is 26.8 Å². The Labute approximate surface area is 165 Å². The molecule has 25 heavy (non-hydrogen) atoms. The maximum Gasteiger partial charge on any atom is 0.242 e. The summed E-state index contributed by atoms with van der Waals surface area (Å²) in [7, 11) is -4.05. The van der Waals surface area contributed by atoms with Crippen molar-refractivity contribution >= 4 is 68.0 Å². The number of anilines is 1. The van der Waals surface area contributed by atoms with E-state index < -0.39 is 22.0 Å². The highest BCUT2D eigenvalue weighted by Crippen LogP contribution is 2.29. The lowest BCUT2D eigenvalue weighted by molar-refractivity contribution is -0.117. The third-order valence-electron chi connectivity index (χ3n) is 3.12. The number of halogens is 4. The fraction of sp³-hybridized carbons (Fsp3) is 0.133. The lowest BCUT2D eigenvalue weighted by Gasteiger charge is -2.16. The maximum atomic E-state index is 12.4. The first-order chi connectivity index (χ1) is 11.6. The van der Waals surface area contributed by atoms with Gasteiger partial charge < -0.3 is 5.32 Å². The van der Waals surface area contributed by atoms with E-state index in [-0.39, 0.29) is 30.7 Å². The van der Waals surface area contributed by atoms with Crippen molar-refractivity contribution in [1.29, 1.82) is 0 Å². The molecule has 2 aromatic rings. The third kappa shape index (κ3) is 5.00. The van der Waals surface area contributed by atoms with Crippen LogP contribution in [0.1, 0.15) is 6.92 Å². The second-order valence-corrected chi connectivity index (χ2v) is 8.32. The predicted octanol–water partition coefficient (Wildman–Crippen LogP) is 4.61. The monoisotopic (exact) mass is 440 g/mol. The van der Waals surface area contributed by atoms with Crippen LogP contribution in [0.2, 0.25) is 20.1 Å². The van der Waals surface area contributed by atoms with Crippen LogP contribution in [0, 0.1) is 0 Å². The lowest BCUT2D eigenvalue weighted by atomic mass is 10.3. The number of benzene rings is 2. The molecule has 0 bridgehead atoms. The zero-order chi connectivity index (χ0) is 18.8. The van der Waals surface area contributed by atoms with Gasteiger partial charge in [0, 0.05) is 5.02 Å². The van der Waals surface area contributed by atoms with Crippen LogP contribution in [-0.4, -0.2) is 20.4 Å². The number of hydrogen-bond donors (Lipinski definition) is 2. The van der Waals surface area contributed by atoms with Gasteiger partial charge in [0.1, 0.15) is 4.90 Å². The molecule has 1 unspecified atom stereocenters. The summed E-state index contributed by atoms with van der Waals surface area (Å²) in [6.07, 6.45) is 0. The zero-order valence-electron chi connectivity index (χ0n) is 12.7. The molecule has 2 aromatic carbocycles. The Hall–Kier alpha value is -1.02. The number of nitrogens with one attached hydrogen (secondary N) is 2. The summed E-state index contributed by atoms with van der Waals surface area (Å²) < 4.78 is 27.1. The van der Waals surface area contributed by atoms with Crippen molar-refractivity contribution in [2.75, 3.05) is 5.32 Å². The Bertz CT molecular complexity index is 919. The molecular weight excluding hydrogens is 430 g/mol. The topological polar surface area (TPSA) is 75.3 Å². The molecule has 0 aliphatic carbocycles. The van der Waals surface area contributed by atoms with E-state index in [1.54, 1.807) is 18.2 Å². The summed E-state index contributed by atoms with van der Waals surface area (Å²) in [4.78, 5) is 12.0. The van der Waals surface area contributed by atoms with Crippen LogP contribution < -0.4 is 10.0 Å². The van der Waals surface area contributed by atoms with Crippen LogP contribution in [0.4, 0.5) is 5.69 Å². The van der Waals surface area contributed by atoms with Crippen LogP contribution in [0.15, 0.2) is 41.3 Å². The molecule has 0 heterocycles. The molecule has 0 aliphatic rings. The van der Waals surface area contributed by atoms with Crippen LogP contribution in [-0.2, 0) is 14.8 Å². The molecule has 1 amide bonds. The molecule has 5 nitrogen and oxygen atoms in total. The summed E-state index contributed by atoms with van der Waals surface area (Å²) in [6.45, 7) is 1.38. The molecule has 0 radical (unpaired) electrons. The van der Waals surface area contributed by atoms with Gasteiger partial charge in [0.15, 0.2) is 0 Å². The SMILES string of the molecule is CC(NS(=O)(=O)c1cc(Cl)ccc1Cl)C(=O)Nc1cccc(Cl)c1Cl. The molecular formula is C15H12Cl4N2O3S. The smallest absolute Gasteiger partial charge is 0.242 e. The Morgan fingerprint density at radius 1 is 1.04 bits per heavy atom. The molecule has 1 atom stereocenters. The summed E-state index contributed by atoms with van der Waals surface area (Å²) >= 11 is 23.6. The van der Waals surface area contributed by atoms with Gasteiger partial charge in [-0.3, -0.25) is 4.79 Å². The molecule has 2 rings (SSSR count). The van der Waals surface area contributed by atoms with Gasteiger partial charge >= 0.3 is 0 Å². The minimum Gasteiger partial charge on any atom is -0.323 e. The van der Waals surface area contributed by atoms with Gasteiger partial charge in [0.2, 0.25) is 15.9 Å². The zero-order valence-corrected chi connectivity index (χ0v) is 16.5. The number of hydrogen-bond acceptors (Lipinski definition) is 3. The van der Waals surface area contributed by atoms with E-state index >= 15 is 0 Å². The molecule has 134 valence electrons. The first-order valence-corrected chi connectivity index (χ1v) is 9.83. The van der Waals surface area contributed by atoms with E-state index in [4.69, 9.17) is 46.4 Å². The molecule has 2 N–H and O–H groups in total. The third-order valence-corrected chi connectivity index (χ3v) is 6.19. The Balaban J connectivity index is 2.17. The van der Waals surface area contributed by atoms with Gasteiger partial charge in [-0.25, -0.2) is 8.42 Å². The maximum absolute atomic E-state index is 12.4. The van der Waals surface area contributed by atoms with Crippen LogP contribution in [0.5, 0.6) is 0 Å².